The number of aliphatic imine (C=N–C) groups is 1. The molecule has 2 aliphatic heterocycles. The third-order valence-corrected chi connectivity index (χ3v) is 5.51. The zero-order valence-corrected chi connectivity index (χ0v) is 16.7. The molecular weight excluding hydrogens is 370 g/mol. The molecule has 144 valence electrons. The number of ether oxygens (including phenoxy) is 1. The van der Waals surface area contributed by atoms with E-state index in [1.807, 2.05) is 48.5 Å². The van der Waals surface area contributed by atoms with E-state index in [0.29, 0.717) is 5.70 Å². The molecule has 0 spiro atoms. The summed E-state index contributed by atoms with van der Waals surface area (Å²) in [6.45, 7) is 5.41. The highest BCUT2D eigenvalue weighted by Crippen LogP contribution is 2.29. The van der Waals surface area contributed by atoms with Gasteiger partial charge in [0.1, 0.15) is 5.70 Å². The predicted molar refractivity (Wildman–Crippen MR) is 117 cm³/mol. The minimum Gasteiger partial charge on any atom is -0.378 e. The molecule has 2 heterocycles. The quantitative estimate of drug-likeness (QED) is 0.736. The van der Waals surface area contributed by atoms with Gasteiger partial charge in [-0.05, 0) is 41.7 Å². The smallest absolute Gasteiger partial charge is 0.283 e. The van der Waals surface area contributed by atoms with Gasteiger partial charge >= 0.3 is 0 Å². The third kappa shape index (κ3) is 3.98. The van der Waals surface area contributed by atoms with Crippen molar-refractivity contribution < 1.29 is 9.53 Å². The Morgan fingerprint density at radius 3 is 2.43 bits per heavy atom. The summed E-state index contributed by atoms with van der Waals surface area (Å²) < 4.78 is 5.41. The lowest BCUT2D eigenvalue weighted by atomic mass is 10.1. The fourth-order valence-corrected chi connectivity index (χ4v) is 4.03. The number of hydrogen-bond acceptors (Lipinski definition) is 5. The predicted octanol–water partition coefficient (Wildman–Crippen LogP) is 4.02. The SMILES string of the molecule is CCSC1=NC(=Cc2ccc(N3CCOCC3)cc2)C(=O)N1c1ccccc1. The number of rotatable bonds is 4. The number of hydrogen-bond donors (Lipinski definition) is 0. The van der Waals surface area contributed by atoms with Crippen LogP contribution < -0.4 is 9.80 Å². The van der Waals surface area contributed by atoms with Gasteiger partial charge in [-0.15, -0.1) is 0 Å². The van der Waals surface area contributed by atoms with Crippen LogP contribution >= 0.6 is 11.8 Å². The van der Waals surface area contributed by atoms with Crippen LogP contribution in [0.2, 0.25) is 0 Å². The summed E-state index contributed by atoms with van der Waals surface area (Å²) in [6, 6.07) is 18.0. The Morgan fingerprint density at radius 1 is 1.04 bits per heavy atom. The number of morpholine rings is 1. The average molecular weight is 394 g/mol. The van der Waals surface area contributed by atoms with Crippen molar-refractivity contribution in [2.75, 3.05) is 41.9 Å². The summed E-state index contributed by atoms with van der Waals surface area (Å²) in [4.78, 5) is 21.6. The summed E-state index contributed by atoms with van der Waals surface area (Å²) >= 11 is 1.58. The molecule has 0 unspecified atom stereocenters. The van der Waals surface area contributed by atoms with Crippen molar-refractivity contribution in [3.05, 3.63) is 65.9 Å². The molecule has 2 aromatic rings. The Kier molecular flexibility index (Phi) is 5.78. The largest absolute Gasteiger partial charge is 0.378 e. The first-order valence-corrected chi connectivity index (χ1v) is 10.5. The van der Waals surface area contributed by atoms with Crippen LogP contribution in [0.15, 0.2) is 65.3 Å². The molecule has 1 fully saturated rings. The third-order valence-electron chi connectivity index (χ3n) is 4.69. The highest BCUT2D eigenvalue weighted by Gasteiger charge is 2.31. The molecule has 0 aliphatic carbocycles. The van der Waals surface area contributed by atoms with Gasteiger partial charge in [-0.1, -0.05) is 49.0 Å². The van der Waals surface area contributed by atoms with Crippen molar-refractivity contribution in [3.63, 3.8) is 0 Å². The normalized spacial score (nSPS) is 18.7. The number of para-hydroxylation sites is 1. The molecule has 0 radical (unpaired) electrons. The van der Waals surface area contributed by atoms with Crippen molar-refractivity contribution >= 4 is 40.3 Å². The van der Waals surface area contributed by atoms with Gasteiger partial charge in [0.15, 0.2) is 5.17 Å². The Balaban J connectivity index is 1.57. The maximum Gasteiger partial charge on any atom is 0.283 e. The summed E-state index contributed by atoms with van der Waals surface area (Å²) in [5.41, 5.74) is 3.47. The van der Waals surface area contributed by atoms with E-state index in [0.717, 1.165) is 48.5 Å². The van der Waals surface area contributed by atoms with Gasteiger partial charge in [-0.3, -0.25) is 9.69 Å². The summed E-state index contributed by atoms with van der Waals surface area (Å²) in [5, 5.41) is 0.731. The van der Waals surface area contributed by atoms with Crippen LogP contribution in [-0.4, -0.2) is 43.1 Å². The summed E-state index contributed by atoms with van der Waals surface area (Å²) in [7, 11) is 0. The van der Waals surface area contributed by atoms with Crippen LogP contribution in [0.4, 0.5) is 11.4 Å². The van der Waals surface area contributed by atoms with Gasteiger partial charge in [-0.2, -0.15) is 0 Å². The lowest BCUT2D eigenvalue weighted by molar-refractivity contribution is -0.113. The van der Waals surface area contributed by atoms with Crippen LogP contribution in [0.5, 0.6) is 0 Å². The molecule has 0 aromatic heterocycles. The van der Waals surface area contributed by atoms with E-state index in [1.54, 1.807) is 16.7 Å². The van der Waals surface area contributed by atoms with E-state index >= 15 is 0 Å². The van der Waals surface area contributed by atoms with Crippen LogP contribution in [0, 0.1) is 0 Å². The molecule has 0 N–H and O–H groups in total. The molecule has 2 aliphatic rings. The minimum atomic E-state index is -0.0839. The number of nitrogens with zero attached hydrogens (tertiary/aromatic N) is 3. The van der Waals surface area contributed by atoms with Crippen molar-refractivity contribution in [1.82, 2.24) is 0 Å². The monoisotopic (exact) mass is 393 g/mol. The van der Waals surface area contributed by atoms with E-state index in [1.165, 1.54) is 5.69 Å². The Labute approximate surface area is 169 Å². The molecule has 0 atom stereocenters. The number of benzene rings is 2. The molecule has 0 saturated carbocycles. The topological polar surface area (TPSA) is 45.1 Å². The maximum absolute atomic E-state index is 13.0. The molecule has 28 heavy (non-hydrogen) atoms. The van der Waals surface area contributed by atoms with E-state index in [2.05, 4.69) is 28.9 Å². The standard InChI is InChI=1S/C22H23N3O2S/c1-2-28-22-23-20(21(26)25(22)19-6-4-3-5-7-19)16-17-8-10-18(11-9-17)24-12-14-27-15-13-24/h3-11,16H,2,12-15H2,1H3. The van der Waals surface area contributed by atoms with Gasteiger partial charge in [-0.25, -0.2) is 4.99 Å². The van der Waals surface area contributed by atoms with Gasteiger partial charge in [0.25, 0.3) is 5.91 Å². The molecule has 1 saturated heterocycles. The number of amidine groups is 1. The van der Waals surface area contributed by atoms with Gasteiger partial charge in [0.2, 0.25) is 0 Å². The van der Waals surface area contributed by atoms with Crippen molar-refractivity contribution in [2.24, 2.45) is 4.99 Å². The summed E-state index contributed by atoms with van der Waals surface area (Å²) in [5.74, 6) is 0.774. The van der Waals surface area contributed by atoms with Crippen LogP contribution in [0.3, 0.4) is 0 Å². The van der Waals surface area contributed by atoms with E-state index < -0.39 is 0 Å². The highest BCUT2D eigenvalue weighted by atomic mass is 32.2. The molecule has 5 nitrogen and oxygen atoms in total. The second kappa shape index (κ2) is 8.63. The first-order chi connectivity index (χ1) is 13.8. The average Bonchev–Trinajstić information content (AvgIpc) is 3.05. The highest BCUT2D eigenvalue weighted by molar-refractivity contribution is 8.14. The lowest BCUT2D eigenvalue weighted by Gasteiger charge is -2.28. The number of carbonyl (C=O) groups excluding carboxylic acids is 1. The minimum absolute atomic E-state index is 0.0839. The van der Waals surface area contributed by atoms with E-state index in [-0.39, 0.29) is 5.91 Å². The molecule has 0 bridgehead atoms. The number of thioether (sulfide) groups is 1. The fourth-order valence-electron chi connectivity index (χ4n) is 3.29. The van der Waals surface area contributed by atoms with Gasteiger partial charge < -0.3 is 9.64 Å². The Bertz CT molecular complexity index is 888. The Morgan fingerprint density at radius 2 is 1.75 bits per heavy atom. The molecular formula is C22H23N3O2S. The first kappa shape index (κ1) is 18.8. The van der Waals surface area contributed by atoms with Crippen molar-refractivity contribution in [2.45, 2.75) is 6.92 Å². The fraction of sp³-hybridized carbons (Fsp3) is 0.273. The number of carbonyl (C=O) groups is 1. The van der Waals surface area contributed by atoms with Crippen LogP contribution in [-0.2, 0) is 9.53 Å². The van der Waals surface area contributed by atoms with Gasteiger partial charge in [0, 0.05) is 18.8 Å². The second-order valence-electron chi connectivity index (χ2n) is 6.52. The summed E-state index contributed by atoms with van der Waals surface area (Å²) in [6.07, 6.45) is 1.87. The van der Waals surface area contributed by atoms with E-state index in [4.69, 9.17) is 4.74 Å². The van der Waals surface area contributed by atoms with E-state index in [9.17, 15) is 4.79 Å². The zero-order chi connectivity index (χ0) is 19.3. The van der Waals surface area contributed by atoms with Crippen molar-refractivity contribution in [3.8, 4) is 0 Å². The zero-order valence-electron chi connectivity index (χ0n) is 15.9. The first-order valence-electron chi connectivity index (χ1n) is 9.51. The Hall–Kier alpha value is -2.57. The van der Waals surface area contributed by atoms with Crippen molar-refractivity contribution in [1.29, 1.82) is 0 Å². The molecule has 2 aromatic carbocycles. The second-order valence-corrected chi connectivity index (χ2v) is 7.76. The van der Waals surface area contributed by atoms with Crippen LogP contribution in [0.1, 0.15) is 12.5 Å². The maximum atomic E-state index is 13.0. The molecule has 4 rings (SSSR count). The molecule has 1 amide bonds. The van der Waals surface area contributed by atoms with Crippen LogP contribution in [0.25, 0.3) is 6.08 Å². The lowest BCUT2D eigenvalue weighted by Crippen LogP contribution is -2.36. The van der Waals surface area contributed by atoms with Gasteiger partial charge in [0.05, 0.1) is 18.9 Å². The molecule has 6 heteroatoms. The number of anilines is 2. The number of amides is 1.